The third-order valence-electron chi connectivity index (χ3n) is 5.66. The van der Waals surface area contributed by atoms with Gasteiger partial charge in [0.1, 0.15) is 5.82 Å². The van der Waals surface area contributed by atoms with E-state index in [4.69, 9.17) is 5.84 Å². The summed E-state index contributed by atoms with van der Waals surface area (Å²) in [6.45, 7) is 18.1. The second-order valence-electron chi connectivity index (χ2n) is 6.88. The summed E-state index contributed by atoms with van der Waals surface area (Å²) in [5.41, 5.74) is 4.86. The molecule has 4 nitrogen and oxygen atoms in total. The second kappa shape index (κ2) is 6.43. The van der Waals surface area contributed by atoms with Crippen LogP contribution >= 0.6 is 0 Å². The minimum Gasteiger partial charge on any atom is -0.337 e. The zero-order chi connectivity index (χ0) is 18.2. The molecule has 1 aromatic carbocycles. The van der Waals surface area contributed by atoms with Crippen molar-refractivity contribution >= 4 is 11.0 Å². The van der Waals surface area contributed by atoms with E-state index < -0.39 is 0 Å². The maximum absolute atomic E-state index is 6.27. The second-order valence-corrected chi connectivity index (χ2v) is 6.88. The van der Waals surface area contributed by atoms with Crippen molar-refractivity contribution in [3.8, 4) is 0 Å². The average Bonchev–Trinajstić information content (AvgIpc) is 3.03. The number of benzene rings is 1. The van der Waals surface area contributed by atoms with Gasteiger partial charge in [0.15, 0.2) is 0 Å². The Morgan fingerprint density at radius 1 is 1.16 bits per heavy atom. The van der Waals surface area contributed by atoms with Gasteiger partial charge in [0.25, 0.3) is 0 Å². The summed E-state index contributed by atoms with van der Waals surface area (Å²) in [5, 5.41) is 0. The van der Waals surface area contributed by atoms with Gasteiger partial charge in [0.05, 0.1) is 17.6 Å². The Morgan fingerprint density at radius 2 is 1.88 bits per heavy atom. The summed E-state index contributed by atoms with van der Waals surface area (Å²) in [6, 6.07) is 7.91. The number of imidazole rings is 1. The summed E-state index contributed by atoms with van der Waals surface area (Å²) in [4.78, 5) is 6.83. The van der Waals surface area contributed by atoms with Crippen molar-refractivity contribution in [3.63, 3.8) is 0 Å². The summed E-state index contributed by atoms with van der Waals surface area (Å²) in [7, 11) is 0. The van der Waals surface area contributed by atoms with Gasteiger partial charge in [0.2, 0.25) is 0 Å². The van der Waals surface area contributed by atoms with Gasteiger partial charge in [-0.2, -0.15) is 0 Å². The Kier molecular flexibility index (Phi) is 4.46. The van der Waals surface area contributed by atoms with Crippen LogP contribution in [-0.2, 0) is 6.54 Å². The molecule has 4 heteroatoms. The van der Waals surface area contributed by atoms with Gasteiger partial charge in [-0.3, -0.25) is 0 Å². The molecule has 0 amide bonds. The van der Waals surface area contributed by atoms with Crippen LogP contribution in [0.2, 0.25) is 0 Å². The molecule has 1 saturated heterocycles. The fourth-order valence-corrected chi connectivity index (χ4v) is 3.94. The fraction of sp³-hybridized carbons (Fsp3) is 0.381. The molecule has 2 heterocycles. The number of fused-ring (bicyclic) bond motifs is 1. The topological polar surface area (TPSA) is 47.1 Å². The van der Waals surface area contributed by atoms with Crippen LogP contribution in [0.25, 0.3) is 11.0 Å². The van der Waals surface area contributed by atoms with E-state index in [0.717, 1.165) is 59.5 Å². The summed E-state index contributed by atoms with van der Waals surface area (Å²) < 4.78 is 1.66. The van der Waals surface area contributed by atoms with Gasteiger partial charge in [-0.15, -0.1) is 0 Å². The average molecular weight is 336 g/mol. The third kappa shape index (κ3) is 2.56. The summed E-state index contributed by atoms with van der Waals surface area (Å²) >= 11 is 0. The standard InChI is InChI=1S/C21H28N4/c1-6-8-13-21(7-2)15(3)16(4)24(17(21)5)14-20-23-18-11-9-10-12-19(18)25(20)22/h9-12H,3-8,13-14,22H2,1-2H3. The van der Waals surface area contributed by atoms with E-state index in [0.29, 0.717) is 6.54 Å². The Labute approximate surface area is 150 Å². The number of nitrogen functional groups attached to an aromatic ring is 1. The van der Waals surface area contributed by atoms with E-state index in [-0.39, 0.29) is 5.41 Å². The van der Waals surface area contributed by atoms with Crippen LogP contribution in [0.15, 0.2) is 61.0 Å². The summed E-state index contributed by atoms with van der Waals surface area (Å²) in [6.07, 6.45) is 4.36. The lowest BCUT2D eigenvalue weighted by atomic mass is 9.74. The minimum absolute atomic E-state index is 0.0848. The quantitative estimate of drug-likeness (QED) is 0.775. The molecule has 0 saturated carbocycles. The van der Waals surface area contributed by atoms with Gasteiger partial charge in [0, 0.05) is 16.8 Å². The van der Waals surface area contributed by atoms with Crippen molar-refractivity contribution in [1.29, 1.82) is 0 Å². The van der Waals surface area contributed by atoms with Crippen molar-refractivity contribution in [3.05, 3.63) is 66.8 Å². The smallest absolute Gasteiger partial charge is 0.148 e. The molecule has 2 aromatic rings. The largest absolute Gasteiger partial charge is 0.337 e. The van der Waals surface area contributed by atoms with Crippen molar-refractivity contribution in [2.24, 2.45) is 5.41 Å². The molecule has 0 bridgehead atoms. The zero-order valence-corrected chi connectivity index (χ0v) is 15.4. The minimum atomic E-state index is -0.0848. The van der Waals surface area contributed by atoms with Crippen LogP contribution in [0.1, 0.15) is 45.4 Å². The van der Waals surface area contributed by atoms with E-state index in [1.165, 1.54) is 0 Å². The number of hydrogen-bond donors (Lipinski definition) is 1. The molecule has 1 unspecified atom stereocenters. The first-order valence-corrected chi connectivity index (χ1v) is 9.03. The van der Waals surface area contributed by atoms with Crippen LogP contribution in [-0.4, -0.2) is 14.6 Å². The monoisotopic (exact) mass is 336 g/mol. The molecule has 0 radical (unpaired) electrons. The first-order valence-electron chi connectivity index (χ1n) is 9.03. The highest BCUT2D eigenvalue weighted by molar-refractivity contribution is 5.75. The van der Waals surface area contributed by atoms with Gasteiger partial charge < -0.3 is 10.7 Å². The lowest BCUT2D eigenvalue weighted by molar-refractivity contribution is 0.326. The third-order valence-corrected chi connectivity index (χ3v) is 5.66. The van der Waals surface area contributed by atoms with Crippen LogP contribution in [0.4, 0.5) is 0 Å². The van der Waals surface area contributed by atoms with Gasteiger partial charge in [-0.25, -0.2) is 9.66 Å². The zero-order valence-electron chi connectivity index (χ0n) is 15.4. The van der Waals surface area contributed by atoms with Crippen LogP contribution < -0.4 is 5.84 Å². The number of allylic oxidation sites excluding steroid dienone is 2. The van der Waals surface area contributed by atoms with E-state index in [1.54, 1.807) is 4.68 Å². The van der Waals surface area contributed by atoms with Gasteiger partial charge in [-0.1, -0.05) is 58.6 Å². The van der Waals surface area contributed by atoms with E-state index in [9.17, 15) is 0 Å². The Hall–Kier alpha value is -2.49. The molecular formula is C21H28N4. The SMILES string of the molecule is C=C1C(=C)C(CC)(CCCC)C(=C)N1Cc1nc2ccccc2n1N. The molecule has 2 N–H and O–H groups in total. The normalized spacial score (nSPS) is 20.9. The molecule has 1 fully saturated rings. The summed E-state index contributed by atoms with van der Waals surface area (Å²) in [5.74, 6) is 7.07. The highest BCUT2D eigenvalue weighted by Crippen LogP contribution is 2.53. The molecule has 0 aliphatic carbocycles. The van der Waals surface area contributed by atoms with E-state index in [2.05, 4.69) is 43.5 Å². The van der Waals surface area contributed by atoms with Crippen molar-refractivity contribution in [2.75, 3.05) is 5.84 Å². The fourth-order valence-electron chi connectivity index (χ4n) is 3.94. The molecule has 25 heavy (non-hydrogen) atoms. The lowest BCUT2D eigenvalue weighted by Gasteiger charge is -2.31. The van der Waals surface area contributed by atoms with E-state index >= 15 is 0 Å². The molecule has 1 aliphatic rings. The molecular weight excluding hydrogens is 308 g/mol. The highest BCUT2D eigenvalue weighted by atomic mass is 15.3. The number of nitrogens with zero attached hydrogens (tertiary/aromatic N) is 3. The van der Waals surface area contributed by atoms with Crippen LogP contribution in [0.5, 0.6) is 0 Å². The Morgan fingerprint density at radius 3 is 2.52 bits per heavy atom. The maximum Gasteiger partial charge on any atom is 0.148 e. The van der Waals surface area contributed by atoms with Crippen molar-refractivity contribution < 1.29 is 0 Å². The number of nitrogens with two attached hydrogens (primary N) is 1. The number of para-hydroxylation sites is 2. The molecule has 3 rings (SSSR count). The van der Waals surface area contributed by atoms with E-state index in [1.807, 2.05) is 24.3 Å². The highest BCUT2D eigenvalue weighted by Gasteiger charge is 2.45. The number of rotatable bonds is 6. The van der Waals surface area contributed by atoms with Gasteiger partial charge >= 0.3 is 0 Å². The van der Waals surface area contributed by atoms with Crippen molar-refractivity contribution in [2.45, 2.75) is 46.1 Å². The molecule has 132 valence electrons. The molecule has 1 atom stereocenters. The maximum atomic E-state index is 6.27. The number of hydrogen-bond acceptors (Lipinski definition) is 3. The lowest BCUT2D eigenvalue weighted by Crippen LogP contribution is -2.26. The number of aromatic nitrogens is 2. The Bertz CT molecular complexity index is 845. The van der Waals surface area contributed by atoms with Crippen molar-refractivity contribution in [1.82, 2.24) is 14.6 Å². The first-order chi connectivity index (χ1) is 12.0. The predicted molar refractivity (Wildman–Crippen MR) is 105 cm³/mol. The van der Waals surface area contributed by atoms with Gasteiger partial charge in [-0.05, 0) is 30.5 Å². The predicted octanol–water partition coefficient (Wildman–Crippen LogP) is 4.74. The number of unbranched alkanes of at least 4 members (excludes halogenated alkanes) is 1. The van der Waals surface area contributed by atoms with Crippen LogP contribution in [0.3, 0.4) is 0 Å². The first kappa shape index (κ1) is 17.3. The molecule has 1 aromatic heterocycles. The molecule has 0 spiro atoms. The molecule has 1 aliphatic heterocycles. The van der Waals surface area contributed by atoms with Crippen LogP contribution in [0, 0.1) is 5.41 Å². The number of likely N-dealkylation sites (tertiary alicyclic amines) is 1. The Balaban J connectivity index is 1.94.